The van der Waals surface area contributed by atoms with E-state index in [0.29, 0.717) is 29.4 Å². The number of carbonyl (C=O) groups is 2. The van der Waals surface area contributed by atoms with Gasteiger partial charge in [0.1, 0.15) is 4.88 Å². The van der Waals surface area contributed by atoms with E-state index in [0.717, 1.165) is 17.1 Å². The first kappa shape index (κ1) is 22.6. The summed E-state index contributed by atoms with van der Waals surface area (Å²) in [6, 6.07) is 6.08. The van der Waals surface area contributed by atoms with Gasteiger partial charge in [-0.25, -0.2) is 13.4 Å². The quantitative estimate of drug-likeness (QED) is 0.633. The van der Waals surface area contributed by atoms with Crippen molar-refractivity contribution < 1.29 is 18.0 Å². The van der Waals surface area contributed by atoms with Crippen molar-refractivity contribution in [3.63, 3.8) is 0 Å². The molecule has 0 aliphatic carbocycles. The molecule has 1 aliphatic rings. The number of ketones is 1. The average Bonchev–Trinajstić information content (AvgIpc) is 3.06. The van der Waals surface area contributed by atoms with Crippen molar-refractivity contribution in [1.82, 2.24) is 14.2 Å². The summed E-state index contributed by atoms with van der Waals surface area (Å²) in [5, 5.41) is 0.956. The maximum Gasteiger partial charge on any atom is 0.265 e. The number of hydrogen-bond donors (Lipinski definition) is 0. The molecule has 30 heavy (non-hydrogen) atoms. The Hall–Kier alpha value is -2.10. The number of sulfonamides is 1. The Labute approximate surface area is 181 Å². The molecule has 0 radical (unpaired) electrons. The topological polar surface area (TPSA) is 87.7 Å². The van der Waals surface area contributed by atoms with Crippen molar-refractivity contribution >= 4 is 33.1 Å². The molecule has 2 heterocycles. The Bertz CT molecular complexity index is 1050. The molecule has 0 bridgehead atoms. The number of carbonyl (C=O) groups excluding carboxylic acids is 2. The SMILES string of the molecule is CC(=O)c1cccc(S(=O)(=O)N2CCN(C(=O)c3sc(CC(C)C)nc3C)CC2)c1. The minimum atomic E-state index is -3.72. The minimum absolute atomic E-state index is 0.0874. The lowest BCUT2D eigenvalue weighted by molar-refractivity contribution is 0.0701. The van der Waals surface area contributed by atoms with Gasteiger partial charge in [0.25, 0.3) is 5.91 Å². The number of piperazine rings is 1. The van der Waals surface area contributed by atoms with Gasteiger partial charge >= 0.3 is 0 Å². The second-order valence-corrected chi connectivity index (χ2v) is 10.9. The number of rotatable bonds is 6. The Morgan fingerprint density at radius 2 is 1.83 bits per heavy atom. The largest absolute Gasteiger partial charge is 0.335 e. The summed E-state index contributed by atoms with van der Waals surface area (Å²) in [6.45, 7) is 8.56. The van der Waals surface area contributed by atoms with Crippen LogP contribution < -0.4 is 0 Å². The van der Waals surface area contributed by atoms with E-state index in [1.807, 2.05) is 6.92 Å². The molecule has 2 aromatic rings. The summed E-state index contributed by atoms with van der Waals surface area (Å²) >= 11 is 1.43. The molecule has 1 amide bonds. The molecule has 1 aromatic heterocycles. The van der Waals surface area contributed by atoms with Crippen LogP contribution in [0.3, 0.4) is 0 Å². The number of aromatic nitrogens is 1. The Morgan fingerprint density at radius 3 is 2.43 bits per heavy atom. The molecule has 0 spiro atoms. The molecular weight excluding hydrogens is 422 g/mol. The van der Waals surface area contributed by atoms with Gasteiger partial charge in [-0.1, -0.05) is 26.0 Å². The molecule has 7 nitrogen and oxygen atoms in total. The van der Waals surface area contributed by atoms with Gasteiger partial charge in [-0.2, -0.15) is 4.31 Å². The number of amides is 1. The predicted octanol–water partition coefficient (Wildman–Crippen LogP) is 3.00. The Morgan fingerprint density at radius 1 is 1.17 bits per heavy atom. The molecule has 1 fully saturated rings. The van der Waals surface area contributed by atoms with Crippen LogP contribution in [0.4, 0.5) is 0 Å². The molecule has 0 N–H and O–H groups in total. The molecule has 1 aromatic carbocycles. The van der Waals surface area contributed by atoms with Crippen molar-refractivity contribution in [1.29, 1.82) is 0 Å². The van der Waals surface area contributed by atoms with Crippen molar-refractivity contribution in [3.8, 4) is 0 Å². The van der Waals surface area contributed by atoms with Gasteiger partial charge in [-0.3, -0.25) is 9.59 Å². The van der Waals surface area contributed by atoms with Gasteiger partial charge in [-0.15, -0.1) is 11.3 Å². The Kier molecular flexibility index (Phi) is 6.74. The fourth-order valence-electron chi connectivity index (χ4n) is 3.39. The molecule has 0 unspecified atom stereocenters. The molecular formula is C21H27N3O4S2. The molecule has 3 rings (SSSR count). The lowest BCUT2D eigenvalue weighted by Gasteiger charge is -2.33. The van der Waals surface area contributed by atoms with Crippen LogP contribution in [0, 0.1) is 12.8 Å². The van der Waals surface area contributed by atoms with Crippen LogP contribution in [-0.4, -0.2) is 60.5 Å². The normalized spacial score (nSPS) is 15.6. The third-order valence-corrected chi connectivity index (χ3v) is 8.08. The molecule has 9 heteroatoms. The monoisotopic (exact) mass is 449 g/mol. The molecule has 1 saturated heterocycles. The highest BCUT2D eigenvalue weighted by molar-refractivity contribution is 7.89. The van der Waals surface area contributed by atoms with Crippen LogP contribution in [0.5, 0.6) is 0 Å². The van der Waals surface area contributed by atoms with Crippen molar-refractivity contribution in [3.05, 3.63) is 45.4 Å². The zero-order valence-corrected chi connectivity index (χ0v) is 19.3. The van der Waals surface area contributed by atoms with E-state index in [-0.39, 0.29) is 29.7 Å². The van der Waals surface area contributed by atoms with E-state index in [2.05, 4.69) is 18.8 Å². The fraction of sp³-hybridized carbons (Fsp3) is 0.476. The zero-order chi connectivity index (χ0) is 22.1. The first-order chi connectivity index (χ1) is 14.1. The van der Waals surface area contributed by atoms with E-state index in [4.69, 9.17) is 0 Å². The van der Waals surface area contributed by atoms with Gasteiger partial charge in [0.05, 0.1) is 15.6 Å². The number of hydrogen-bond acceptors (Lipinski definition) is 6. The van der Waals surface area contributed by atoms with Gasteiger partial charge < -0.3 is 4.90 Å². The highest BCUT2D eigenvalue weighted by atomic mass is 32.2. The van der Waals surface area contributed by atoms with Crippen LogP contribution in [0.2, 0.25) is 0 Å². The summed E-state index contributed by atoms with van der Waals surface area (Å²) in [6.07, 6.45) is 0.837. The average molecular weight is 450 g/mol. The molecule has 0 atom stereocenters. The number of thiazole rings is 1. The summed E-state index contributed by atoms with van der Waals surface area (Å²) in [5.74, 6) is 0.198. The smallest absolute Gasteiger partial charge is 0.265 e. The van der Waals surface area contributed by atoms with Crippen LogP contribution >= 0.6 is 11.3 Å². The van der Waals surface area contributed by atoms with Gasteiger partial charge in [0, 0.05) is 38.2 Å². The summed E-state index contributed by atoms with van der Waals surface area (Å²) < 4.78 is 27.3. The van der Waals surface area contributed by atoms with E-state index < -0.39 is 10.0 Å². The second-order valence-electron chi connectivity index (χ2n) is 7.90. The van der Waals surface area contributed by atoms with Crippen LogP contribution in [-0.2, 0) is 16.4 Å². The predicted molar refractivity (Wildman–Crippen MR) is 117 cm³/mol. The van der Waals surface area contributed by atoms with Gasteiger partial charge in [-0.05, 0) is 31.9 Å². The maximum atomic E-state index is 13.0. The number of benzene rings is 1. The van der Waals surface area contributed by atoms with Crippen LogP contribution in [0.15, 0.2) is 29.2 Å². The molecule has 162 valence electrons. The standard InChI is InChI=1S/C21H27N3O4S2/c1-14(2)12-19-22-15(3)20(29-19)21(26)23-8-10-24(11-9-23)30(27,28)18-7-5-6-17(13-18)16(4)25/h5-7,13-14H,8-12H2,1-4H3. The summed E-state index contributed by atoms with van der Waals surface area (Å²) in [7, 11) is -3.72. The minimum Gasteiger partial charge on any atom is -0.335 e. The van der Waals surface area contributed by atoms with E-state index in [1.165, 1.54) is 34.7 Å². The van der Waals surface area contributed by atoms with Crippen LogP contribution in [0.25, 0.3) is 0 Å². The zero-order valence-electron chi connectivity index (χ0n) is 17.7. The second kappa shape index (κ2) is 8.95. The first-order valence-electron chi connectivity index (χ1n) is 9.96. The summed E-state index contributed by atoms with van der Waals surface area (Å²) in [4.78, 5) is 31.5. The summed E-state index contributed by atoms with van der Waals surface area (Å²) in [5.41, 5.74) is 1.10. The third kappa shape index (κ3) is 4.79. The fourth-order valence-corrected chi connectivity index (χ4v) is 6.10. The molecule has 0 saturated carbocycles. The lowest BCUT2D eigenvalue weighted by atomic mass is 10.1. The maximum absolute atomic E-state index is 13.0. The number of Topliss-reactive ketones (excluding diaryl/α,β-unsaturated/α-hetero) is 1. The number of nitrogens with zero attached hydrogens (tertiary/aromatic N) is 3. The molecule has 1 aliphatic heterocycles. The Balaban J connectivity index is 1.70. The number of aryl methyl sites for hydroxylation is 1. The highest BCUT2D eigenvalue weighted by Crippen LogP contribution is 2.24. The third-order valence-electron chi connectivity index (χ3n) is 5.02. The lowest BCUT2D eigenvalue weighted by Crippen LogP contribution is -2.50. The highest BCUT2D eigenvalue weighted by Gasteiger charge is 2.31. The van der Waals surface area contributed by atoms with Gasteiger partial charge in [0.2, 0.25) is 10.0 Å². The van der Waals surface area contributed by atoms with Crippen molar-refractivity contribution in [2.24, 2.45) is 5.92 Å². The van der Waals surface area contributed by atoms with E-state index in [9.17, 15) is 18.0 Å². The van der Waals surface area contributed by atoms with Crippen molar-refractivity contribution in [2.45, 2.75) is 39.0 Å². The van der Waals surface area contributed by atoms with E-state index >= 15 is 0 Å². The van der Waals surface area contributed by atoms with Crippen LogP contribution in [0.1, 0.15) is 51.5 Å². The first-order valence-corrected chi connectivity index (χ1v) is 12.2. The van der Waals surface area contributed by atoms with E-state index in [1.54, 1.807) is 17.0 Å². The van der Waals surface area contributed by atoms with Crippen molar-refractivity contribution in [2.75, 3.05) is 26.2 Å². The van der Waals surface area contributed by atoms with Gasteiger partial charge in [0.15, 0.2) is 5.78 Å².